The zero-order chi connectivity index (χ0) is 24.1. The number of hydrogen-bond donors (Lipinski definition) is 1. The van der Waals surface area contributed by atoms with Gasteiger partial charge in [-0.25, -0.2) is 4.79 Å². The molecule has 0 amide bonds. The number of methoxy groups -OCH3 is 1. The van der Waals surface area contributed by atoms with Crippen LogP contribution in [0.25, 0.3) is 0 Å². The second-order valence-electron chi connectivity index (χ2n) is 8.70. The summed E-state index contributed by atoms with van der Waals surface area (Å²) in [6.45, 7) is 8.44. The molecular formula is C27H38O6. The molecule has 0 aromatic heterocycles. The Hall–Kier alpha value is -2.17. The van der Waals surface area contributed by atoms with E-state index in [0.29, 0.717) is 25.2 Å². The predicted octanol–water partition coefficient (Wildman–Crippen LogP) is 4.25. The standard InChI is InChI=1S/C27H38O6/c1-5-9-25(28)26-14-7-12-23(31-19-30-4)17-20(2)16-21(3)18-24-13-6-10-22(32-24)11-8-15-27(29)33-26/h5-7,9-10,12,21-26,28H,2,11,13-14,16-19H2,1,3-4H3/b9-5+,12-7+/t21-,22-,23+,24-,25-,26-/m0/s1. The van der Waals surface area contributed by atoms with Gasteiger partial charge in [0, 0.05) is 25.9 Å². The first-order valence-electron chi connectivity index (χ1n) is 11.7. The van der Waals surface area contributed by atoms with Crippen LogP contribution in [0.3, 0.4) is 0 Å². The van der Waals surface area contributed by atoms with Crippen LogP contribution in [0, 0.1) is 17.8 Å². The van der Waals surface area contributed by atoms with Crippen molar-refractivity contribution in [3.05, 3.63) is 48.6 Å². The average Bonchev–Trinajstić information content (AvgIpc) is 2.76. The van der Waals surface area contributed by atoms with Gasteiger partial charge in [0.25, 0.3) is 0 Å². The number of aliphatic hydroxyl groups excluding tert-OH is 1. The third-order valence-corrected chi connectivity index (χ3v) is 5.55. The minimum atomic E-state index is -0.935. The lowest BCUT2D eigenvalue weighted by Gasteiger charge is -2.28. The number of cyclic esters (lactones) is 1. The Bertz CT molecular complexity index is 771. The highest BCUT2D eigenvalue weighted by atomic mass is 16.7. The van der Waals surface area contributed by atoms with Gasteiger partial charge in [-0.05, 0) is 38.5 Å². The molecule has 2 aliphatic rings. The van der Waals surface area contributed by atoms with Gasteiger partial charge in [-0.2, -0.15) is 0 Å². The molecule has 2 rings (SSSR count). The molecule has 0 saturated carbocycles. The van der Waals surface area contributed by atoms with Crippen molar-refractivity contribution in [1.82, 2.24) is 0 Å². The summed E-state index contributed by atoms with van der Waals surface area (Å²) < 4.78 is 22.5. The summed E-state index contributed by atoms with van der Waals surface area (Å²) in [7, 11) is 1.58. The highest BCUT2D eigenvalue weighted by Crippen LogP contribution is 2.26. The molecule has 6 nitrogen and oxygen atoms in total. The number of allylic oxidation sites excluding steroid dienone is 1. The number of aliphatic hydroxyl groups is 1. The van der Waals surface area contributed by atoms with Crippen LogP contribution in [0.4, 0.5) is 0 Å². The molecule has 2 heterocycles. The molecule has 0 saturated heterocycles. The van der Waals surface area contributed by atoms with E-state index in [4.69, 9.17) is 18.9 Å². The monoisotopic (exact) mass is 458 g/mol. The van der Waals surface area contributed by atoms with Gasteiger partial charge in [0.2, 0.25) is 0 Å². The van der Waals surface area contributed by atoms with Crippen LogP contribution in [0.2, 0.25) is 0 Å². The normalized spacial score (nSPS) is 31.7. The average molecular weight is 459 g/mol. The second-order valence-corrected chi connectivity index (χ2v) is 8.70. The first-order valence-corrected chi connectivity index (χ1v) is 11.7. The fourth-order valence-electron chi connectivity index (χ4n) is 4.06. The quantitative estimate of drug-likeness (QED) is 0.218. The number of rotatable bonds is 5. The summed E-state index contributed by atoms with van der Waals surface area (Å²) in [5, 5.41) is 10.4. The summed E-state index contributed by atoms with van der Waals surface area (Å²) in [5.41, 5.74) is 1.10. The lowest BCUT2D eigenvalue weighted by molar-refractivity contribution is -0.145. The Morgan fingerprint density at radius 3 is 2.85 bits per heavy atom. The van der Waals surface area contributed by atoms with Gasteiger partial charge >= 0.3 is 5.97 Å². The number of esters is 1. The number of ether oxygens (including phenoxy) is 4. The maximum Gasteiger partial charge on any atom is 0.384 e. The summed E-state index contributed by atoms with van der Waals surface area (Å²) in [6.07, 6.45) is 13.4. The Morgan fingerprint density at radius 1 is 1.30 bits per heavy atom. The first kappa shape index (κ1) is 27.1. The van der Waals surface area contributed by atoms with Crippen LogP contribution < -0.4 is 0 Å². The van der Waals surface area contributed by atoms with Crippen molar-refractivity contribution in [3.63, 3.8) is 0 Å². The molecule has 2 bridgehead atoms. The zero-order valence-corrected chi connectivity index (χ0v) is 20.1. The van der Waals surface area contributed by atoms with Gasteiger partial charge < -0.3 is 24.1 Å². The van der Waals surface area contributed by atoms with Gasteiger partial charge in [-0.3, -0.25) is 0 Å². The van der Waals surface area contributed by atoms with Crippen LogP contribution in [-0.4, -0.2) is 55.5 Å². The van der Waals surface area contributed by atoms with Crippen LogP contribution in [0.1, 0.15) is 52.4 Å². The molecule has 0 aromatic rings. The van der Waals surface area contributed by atoms with Crippen LogP contribution in [0.15, 0.2) is 48.6 Å². The molecule has 0 unspecified atom stereocenters. The van der Waals surface area contributed by atoms with Gasteiger partial charge in [0.15, 0.2) is 0 Å². The summed E-state index contributed by atoms with van der Waals surface area (Å²) in [5.74, 6) is 5.15. The topological polar surface area (TPSA) is 74.2 Å². The molecule has 2 aliphatic heterocycles. The molecule has 0 spiro atoms. The van der Waals surface area contributed by atoms with E-state index < -0.39 is 18.2 Å². The number of carbonyl (C=O) groups is 1. The first-order chi connectivity index (χ1) is 15.9. The van der Waals surface area contributed by atoms with E-state index in [0.717, 1.165) is 24.8 Å². The second kappa shape index (κ2) is 14.9. The van der Waals surface area contributed by atoms with E-state index in [-0.39, 0.29) is 25.1 Å². The van der Waals surface area contributed by atoms with E-state index in [1.165, 1.54) is 0 Å². The molecular weight excluding hydrogens is 420 g/mol. The molecule has 1 N–H and O–H groups in total. The van der Waals surface area contributed by atoms with Crippen molar-refractivity contribution in [2.75, 3.05) is 13.9 Å². The highest BCUT2D eigenvalue weighted by Gasteiger charge is 2.22. The van der Waals surface area contributed by atoms with Crippen molar-refractivity contribution in [1.29, 1.82) is 0 Å². The summed E-state index contributed by atoms with van der Waals surface area (Å²) in [4.78, 5) is 12.3. The van der Waals surface area contributed by atoms with E-state index in [1.54, 1.807) is 26.2 Å². The Kier molecular flexibility index (Phi) is 12.2. The smallest absolute Gasteiger partial charge is 0.384 e. The van der Waals surface area contributed by atoms with Crippen LogP contribution in [0.5, 0.6) is 0 Å². The largest absolute Gasteiger partial charge is 0.449 e. The van der Waals surface area contributed by atoms with Crippen molar-refractivity contribution >= 4 is 5.97 Å². The third-order valence-electron chi connectivity index (χ3n) is 5.55. The molecule has 0 radical (unpaired) electrons. The minimum absolute atomic E-state index is 0.122. The van der Waals surface area contributed by atoms with Crippen molar-refractivity contribution in [2.24, 2.45) is 5.92 Å². The van der Waals surface area contributed by atoms with E-state index >= 15 is 0 Å². The van der Waals surface area contributed by atoms with Crippen molar-refractivity contribution in [3.8, 4) is 11.8 Å². The number of hydrogen-bond acceptors (Lipinski definition) is 6. The minimum Gasteiger partial charge on any atom is -0.449 e. The Morgan fingerprint density at radius 2 is 2.09 bits per heavy atom. The highest BCUT2D eigenvalue weighted by molar-refractivity contribution is 5.88. The maximum absolute atomic E-state index is 12.3. The van der Waals surface area contributed by atoms with E-state index in [2.05, 4.69) is 31.4 Å². The third kappa shape index (κ3) is 10.5. The molecule has 6 atom stereocenters. The lowest BCUT2D eigenvalue weighted by atomic mass is 9.91. The lowest BCUT2D eigenvalue weighted by Crippen LogP contribution is -2.29. The molecule has 0 fully saturated rings. The molecule has 0 aromatic carbocycles. The molecule has 0 aliphatic carbocycles. The number of carbonyl (C=O) groups excluding carboxylic acids is 1. The van der Waals surface area contributed by atoms with Crippen LogP contribution >= 0.6 is 0 Å². The Balaban J connectivity index is 2.21. The SMILES string of the molecule is C=C1C[C@H](C)C[C@@H]2CC=C[C@@H](CC#CC(=O)O[C@H]([C@@H](O)/C=C/C)C/C=C/[C@@H](OCOC)C1)O2. The molecule has 6 heteroatoms. The van der Waals surface area contributed by atoms with E-state index in [9.17, 15) is 9.90 Å². The van der Waals surface area contributed by atoms with E-state index in [1.807, 2.05) is 18.2 Å². The molecule has 33 heavy (non-hydrogen) atoms. The fourth-order valence-corrected chi connectivity index (χ4v) is 4.06. The number of fused-ring (bicyclic) bond motifs is 2. The zero-order valence-electron chi connectivity index (χ0n) is 20.1. The van der Waals surface area contributed by atoms with Gasteiger partial charge in [-0.1, -0.05) is 61.5 Å². The predicted molar refractivity (Wildman–Crippen MR) is 128 cm³/mol. The molecule has 182 valence electrons. The van der Waals surface area contributed by atoms with Gasteiger partial charge in [-0.15, -0.1) is 0 Å². The van der Waals surface area contributed by atoms with Crippen molar-refractivity contribution < 1.29 is 28.8 Å². The fraction of sp³-hybridized carbons (Fsp3) is 0.593. The van der Waals surface area contributed by atoms with Crippen molar-refractivity contribution in [2.45, 2.75) is 82.9 Å². The van der Waals surface area contributed by atoms with Crippen LogP contribution in [-0.2, 0) is 23.7 Å². The van der Waals surface area contributed by atoms with Gasteiger partial charge in [0.05, 0.1) is 18.3 Å². The maximum atomic E-state index is 12.3. The summed E-state index contributed by atoms with van der Waals surface area (Å²) in [6, 6.07) is 0. The summed E-state index contributed by atoms with van der Waals surface area (Å²) >= 11 is 0. The Labute approximate surface area is 198 Å². The van der Waals surface area contributed by atoms with Gasteiger partial charge in [0.1, 0.15) is 19.0 Å².